The Morgan fingerprint density at radius 2 is 2.05 bits per heavy atom. The number of pyridine rings is 1. The van der Waals surface area contributed by atoms with Gasteiger partial charge in [0, 0.05) is 36.7 Å². The van der Waals surface area contributed by atoms with Crippen LogP contribution in [0.3, 0.4) is 0 Å². The van der Waals surface area contributed by atoms with Crippen LogP contribution in [0.15, 0.2) is 48.7 Å². The summed E-state index contributed by atoms with van der Waals surface area (Å²) in [7, 11) is 3.54. The lowest BCUT2D eigenvalue weighted by molar-refractivity contribution is -0.0000116. The summed E-state index contributed by atoms with van der Waals surface area (Å²) < 4.78 is 8.95. The molecule has 5 rings (SSSR count). The molecule has 0 fully saturated rings. The number of carbonyl (C=O) groups is 1. The van der Waals surface area contributed by atoms with E-state index in [9.17, 15) is 10.1 Å². The molecule has 0 aliphatic heterocycles. The minimum atomic E-state index is -0.292. The van der Waals surface area contributed by atoms with Gasteiger partial charge in [0.25, 0.3) is 0 Å². The standard InChI is InChI=1S/C25H21Cl2N9O2.ClH/c1-29-8-9-34(2)25(37)36-24-18(4-3-7-30-24)20(32-36)14-35-21-6-5-19(27)23(22(21)31-33-35)38-17-11-15(13-28)10-16(26)12-17;/h3-7,10-12,29H,8-9,14H2,1-2H3;1H/p-1. The predicted octanol–water partition coefficient (Wildman–Crippen LogP) is 1.32. The van der Waals surface area contributed by atoms with Crippen LogP contribution in [0.5, 0.6) is 11.5 Å². The van der Waals surface area contributed by atoms with Crippen LogP contribution in [0.1, 0.15) is 11.3 Å². The molecule has 1 amide bonds. The highest BCUT2D eigenvalue weighted by Gasteiger charge is 2.21. The van der Waals surface area contributed by atoms with E-state index in [0.717, 1.165) is 5.39 Å². The SMILES string of the molecule is CNCCN(C)C(=O)n1nc(Cn2nnc3c(Oc4cc(Cl)cc(C#N)c4)c(Cl)ccc32)c2cccnc21.[Cl-]. The summed E-state index contributed by atoms with van der Waals surface area (Å²) >= 11 is 12.6. The Balaban J connectivity index is 0.00000353. The van der Waals surface area contributed by atoms with E-state index >= 15 is 0 Å². The van der Waals surface area contributed by atoms with Gasteiger partial charge in [-0.25, -0.2) is 14.5 Å². The number of ether oxygens (including phenoxy) is 1. The Morgan fingerprint density at radius 3 is 2.82 bits per heavy atom. The van der Waals surface area contributed by atoms with Gasteiger partial charge in [-0.2, -0.15) is 15.0 Å². The number of amides is 1. The molecule has 2 aromatic carbocycles. The second-order valence-corrected chi connectivity index (χ2v) is 9.27. The summed E-state index contributed by atoms with van der Waals surface area (Å²) in [5.41, 5.74) is 2.45. The van der Waals surface area contributed by atoms with Crippen molar-refractivity contribution in [3.05, 3.63) is 70.0 Å². The minimum Gasteiger partial charge on any atom is -1.00 e. The lowest BCUT2D eigenvalue weighted by Gasteiger charge is -2.16. The average molecular weight is 586 g/mol. The Bertz CT molecular complexity index is 1710. The molecular weight excluding hydrogens is 565 g/mol. The fraction of sp³-hybridized carbons (Fsp3) is 0.200. The second kappa shape index (κ2) is 11.8. The molecule has 0 saturated carbocycles. The van der Waals surface area contributed by atoms with Crippen LogP contribution in [0.25, 0.3) is 22.1 Å². The predicted molar refractivity (Wildman–Crippen MR) is 143 cm³/mol. The van der Waals surface area contributed by atoms with E-state index < -0.39 is 0 Å². The molecular formula is C25H21Cl3N9O2-. The maximum absolute atomic E-state index is 13.1. The summed E-state index contributed by atoms with van der Waals surface area (Å²) in [4.78, 5) is 19.0. The third kappa shape index (κ3) is 5.60. The molecule has 0 aliphatic carbocycles. The molecule has 0 spiro atoms. The highest BCUT2D eigenvalue weighted by molar-refractivity contribution is 6.33. The topological polar surface area (TPSA) is 127 Å². The number of hydrogen-bond donors (Lipinski definition) is 1. The fourth-order valence-corrected chi connectivity index (χ4v) is 4.36. The highest BCUT2D eigenvalue weighted by Crippen LogP contribution is 2.37. The molecule has 3 heterocycles. The van der Waals surface area contributed by atoms with Crippen molar-refractivity contribution in [3.63, 3.8) is 0 Å². The third-order valence-corrected chi connectivity index (χ3v) is 6.35. The van der Waals surface area contributed by atoms with Crippen LogP contribution in [0.2, 0.25) is 10.0 Å². The summed E-state index contributed by atoms with van der Waals surface area (Å²) in [6.07, 6.45) is 1.62. The Labute approximate surface area is 239 Å². The molecule has 0 saturated heterocycles. The molecule has 3 aromatic heterocycles. The lowest BCUT2D eigenvalue weighted by atomic mass is 10.2. The van der Waals surface area contributed by atoms with Gasteiger partial charge in [0.2, 0.25) is 0 Å². The Morgan fingerprint density at radius 1 is 1.23 bits per heavy atom. The molecule has 0 atom stereocenters. The molecule has 200 valence electrons. The number of likely N-dealkylation sites (N-methyl/N-ethyl adjacent to an activating group) is 2. The molecule has 0 radical (unpaired) electrons. The summed E-state index contributed by atoms with van der Waals surface area (Å²) in [6, 6.07) is 13.5. The first kappa shape index (κ1) is 28.1. The summed E-state index contributed by atoms with van der Waals surface area (Å²) in [5, 5.41) is 26.8. The van der Waals surface area contributed by atoms with Crippen molar-refractivity contribution in [1.82, 2.24) is 40.0 Å². The average Bonchev–Trinajstić information content (AvgIpc) is 3.50. The van der Waals surface area contributed by atoms with E-state index in [0.29, 0.717) is 56.8 Å². The van der Waals surface area contributed by atoms with E-state index in [1.165, 1.54) is 10.7 Å². The number of halogens is 3. The molecule has 0 unspecified atom stereocenters. The van der Waals surface area contributed by atoms with Gasteiger partial charge in [-0.15, -0.1) is 5.10 Å². The van der Waals surface area contributed by atoms with Crippen molar-refractivity contribution in [2.75, 3.05) is 27.2 Å². The number of nitrogens with one attached hydrogen (secondary N) is 1. The Hall–Kier alpha value is -3.95. The van der Waals surface area contributed by atoms with Crippen molar-refractivity contribution in [1.29, 1.82) is 5.26 Å². The smallest absolute Gasteiger partial charge is 0.346 e. The van der Waals surface area contributed by atoms with Crippen molar-refractivity contribution in [2.45, 2.75) is 6.54 Å². The lowest BCUT2D eigenvalue weighted by Crippen LogP contribution is -3.00. The van der Waals surface area contributed by atoms with E-state index in [2.05, 4.69) is 25.7 Å². The quantitative estimate of drug-likeness (QED) is 0.303. The molecule has 5 aromatic rings. The van der Waals surface area contributed by atoms with E-state index in [-0.39, 0.29) is 30.7 Å². The molecule has 1 N–H and O–H groups in total. The number of carbonyl (C=O) groups excluding carboxylic acids is 1. The van der Waals surface area contributed by atoms with Gasteiger partial charge < -0.3 is 27.4 Å². The number of hydrogen-bond acceptors (Lipinski definition) is 8. The molecule has 0 bridgehead atoms. The van der Waals surface area contributed by atoms with Gasteiger partial charge in [-0.3, -0.25) is 0 Å². The van der Waals surface area contributed by atoms with Gasteiger partial charge >= 0.3 is 6.03 Å². The number of benzene rings is 2. The monoisotopic (exact) mass is 584 g/mol. The zero-order valence-electron chi connectivity index (χ0n) is 20.8. The normalized spacial score (nSPS) is 10.8. The summed E-state index contributed by atoms with van der Waals surface area (Å²) in [5.74, 6) is 0.620. The van der Waals surface area contributed by atoms with Crippen LogP contribution < -0.4 is 22.5 Å². The molecule has 0 aliphatic rings. The molecule has 14 heteroatoms. The van der Waals surface area contributed by atoms with E-state index in [4.69, 9.17) is 27.9 Å². The van der Waals surface area contributed by atoms with Crippen molar-refractivity contribution in [2.24, 2.45) is 0 Å². The van der Waals surface area contributed by atoms with Crippen LogP contribution in [-0.2, 0) is 6.54 Å². The van der Waals surface area contributed by atoms with Crippen LogP contribution in [0.4, 0.5) is 4.79 Å². The van der Waals surface area contributed by atoms with Gasteiger partial charge in [0.15, 0.2) is 16.9 Å². The largest absolute Gasteiger partial charge is 1.00 e. The third-order valence-electron chi connectivity index (χ3n) is 5.84. The fourth-order valence-electron chi connectivity index (χ4n) is 3.95. The van der Waals surface area contributed by atoms with E-state index in [1.54, 1.807) is 53.2 Å². The molecule has 11 nitrogen and oxygen atoms in total. The first-order chi connectivity index (χ1) is 18.4. The van der Waals surface area contributed by atoms with Crippen LogP contribution in [-0.4, -0.2) is 67.9 Å². The van der Waals surface area contributed by atoms with Crippen molar-refractivity contribution in [3.8, 4) is 17.6 Å². The molecule has 39 heavy (non-hydrogen) atoms. The maximum atomic E-state index is 13.1. The Kier molecular flexibility index (Phi) is 8.52. The number of nitriles is 1. The number of rotatable bonds is 7. The van der Waals surface area contributed by atoms with Gasteiger partial charge in [0.1, 0.15) is 5.75 Å². The first-order valence-electron chi connectivity index (χ1n) is 11.5. The zero-order valence-corrected chi connectivity index (χ0v) is 23.0. The van der Waals surface area contributed by atoms with Gasteiger partial charge in [0.05, 0.1) is 34.4 Å². The number of nitrogens with zero attached hydrogens (tertiary/aromatic N) is 8. The zero-order chi connectivity index (χ0) is 26.8. The van der Waals surface area contributed by atoms with Gasteiger partial charge in [-0.1, -0.05) is 28.4 Å². The maximum Gasteiger partial charge on any atom is 0.346 e. The second-order valence-electron chi connectivity index (χ2n) is 8.42. The van der Waals surface area contributed by atoms with Gasteiger partial charge in [-0.05, 0) is 49.5 Å². The van der Waals surface area contributed by atoms with Crippen molar-refractivity contribution >= 4 is 51.3 Å². The van der Waals surface area contributed by atoms with E-state index in [1.807, 2.05) is 19.2 Å². The van der Waals surface area contributed by atoms with Crippen LogP contribution in [0, 0.1) is 11.3 Å². The highest BCUT2D eigenvalue weighted by atomic mass is 35.5. The first-order valence-corrected chi connectivity index (χ1v) is 12.3. The van der Waals surface area contributed by atoms with Crippen molar-refractivity contribution < 1.29 is 21.9 Å². The summed E-state index contributed by atoms with van der Waals surface area (Å²) in [6.45, 7) is 1.38. The number of aromatic nitrogens is 6. The van der Waals surface area contributed by atoms with Crippen LogP contribution >= 0.6 is 23.2 Å². The number of fused-ring (bicyclic) bond motifs is 2. The minimum absolute atomic E-state index is 0.